The molecule has 2 N–H and O–H groups in total. The molecular formula is C19H20ClN7O4S. The number of likely N-dealkylation sites (N-methyl/N-ethyl adjacent to an activating group) is 1. The van der Waals surface area contributed by atoms with E-state index in [0.717, 1.165) is 6.26 Å². The Balaban J connectivity index is 1.86. The molecule has 3 aromatic rings. The van der Waals surface area contributed by atoms with E-state index in [1.54, 1.807) is 13.1 Å². The van der Waals surface area contributed by atoms with E-state index in [1.807, 2.05) is 0 Å². The van der Waals surface area contributed by atoms with Gasteiger partial charge in [0.15, 0.2) is 9.84 Å². The summed E-state index contributed by atoms with van der Waals surface area (Å²) in [5.41, 5.74) is 1.26. The van der Waals surface area contributed by atoms with Crippen LogP contribution in [-0.4, -0.2) is 58.5 Å². The summed E-state index contributed by atoms with van der Waals surface area (Å²) in [6.45, 7) is 1.69. The first kappa shape index (κ1) is 23.3. The number of halogens is 1. The monoisotopic (exact) mass is 477 g/mol. The molecule has 0 aliphatic rings. The predicted molar refractivity (Wildman–Crippen MR) is 116 cm³/mol. The normalized spacial score (nSPS) is 12.2. The van der Waals surface area contributed by atoms with E-state index in [4.69, 9.17) is 11.6 Å². The molecule has 1 atom stereocenters. The van der Waals surface area contributed by atoms with Gasteiger partial charge in [-0.3, -0.25) is 19.6 Å². The van der Waals surface area contributed by atoms with Gasteiger partial charge in [0.05, 0.1) is 22.8 Å². The third-order valence-corrected chi connectivity index (χ3v) is 5.72. The number of carbonyl (C=O) groups excluding carboxylic acids is 2. The quantitative estimate of drug-likeness (QED) is 0.512. The molecule has 2 aromatic heterocycles. The van der Waals surface area contributed by atoms with Gasteiger partial charge in [-0.15, -0.1) is 5.10 Å². The van der Waals surface area contributed by atoms with Crippen LogP contribution in [0.4, 0.5) is 0 Å². The van der Waals surface area contributed by atoms with Gasteiger partial charge in [-0.05, 0) is 25.1 Å². The SMILES string of the molecule is CNC(=O)Cn1cc(-c2nccnc2C(C)NC(=O)c2cc(Cl)cc(S(C)(=O)=O)c2)nn1. The first-order valence-corrected chi connectivity index (χ1v) is 11.6. The van der Waals surface area contributed by atoms with Crippen molar-refractivity contribution in [3.63, 3.8) is 0 Å². The van der Waals surface area contributed by atoms with Gasteiger partial charge in [-0.25, -0.2) is 13.1 Å². The molecular weight excluding hydrogens is 458 g/mol. The second-order valence-electron chi connectivity index (χ2n) is 6.91. The highest BCUT2D eigenvalue weighted by molar-refractivity contribution is 7.90. The summed E-state index contributed by atoms with van der Waals surface area (Å²) >= 11 is 5.99. The molecule has 2 heterocycles. The number of sulfone groups is 1. The number of nitrogens with one attached hydrogen (secondary N) is 2. The molecule has 0 spiro atoms. The lowest BCUT2D eigenvalue weighted by atomic mass is 10.1. The van der Waals surface area contributed by atoms with E-state index >= 15 is 0 Å². The van der Waals surface area contributed by atoms with E-state index in [2.05, 4.69) is 30.9 Å². The standard InChI is InChI=1S/C19H20ClN7O4S/c1-11(24-19(29)12-6-13(20)8-14(7-12)32(3,30)31)17-18(23-5-4-22-17)15-9-27(26-25-15)10-16(28)21-2/h4-9,11H,10H2,1-3H3,(H,21,28)(H,24,29). The summed E-state index contributed by atoms with van der Waals surface area (Å²) in [6, 6.07) is 3.29. The van der Waals surface area contributed by atoms with E-state index in [9.17, 15) is 18.0 Å². The Morgan fingerprint density at radius 1 is 1.19 bits per heavy atom. The third kappa shape index (κ3) is 5.45. The minimum atomic E-state index is -3.55. The van der Waals surface area contributed by atoms with Gasteiger partial charge in [0.25, 0.3) is 5.91 Å². The van der Waals surface area contributed by atoms with Crippen LogP contribution in [0.2, 0.25) is 5.02 Å². The molecule has 0 saturated carbocycles. The Morgan fingerprint density at radius 3 is 2.59 bits per heavy atom. The van der Waals surface area contributed by atoms with Crippen molar-refractivity contribution in [1.82, 2.24) is 35.6 Å². The maximum atomic E-state index is 12.8. The number of hydrogen-bond acceptors (Lipinski definition) is 8. The van der Waals surface area contributed by atoms with Crippen molar-refractivity contribution in [1.29, 1.82) is 0 Å². The molecule has 0 aliphatic heterocycles. The summed E-state index contributed by atoms with van der Waals surface area (Å²) in [5.74, 6) is -0.777. The van der Waals surface area contributed by atoms with Gasteiger partial charge >= 0.3 is 0 Å². The zero-order valence-electron chi connectivity index (χ0n) is 17.4. The topological polar surface area (TPSA) is 149 Å². The van der Waals surface area contributed by atoms with Gasteiger partial charge in [-0.1, -0.05) is 16.8 Å². The van der Waals surface area contributed by atoms with Crippen LogP contribution in [0.25, 0.3) is 11.4 Å². The fourth-order valence-corrected chi connectivity index (χ4v) is 3.81. The van der Waals surface area contributed by atoms with Crippen LogP contribution in [0.3, 0.4) is 0 Å². The van der Waals surface area contributed by atoms with Crippen LogP contribution in [0, 0.1) is 0 Å². The molecule has 13 heteroatoms. The maximum absolute atomic E-state index is 12.8. The van der Waals surface area contributed by atoms with Gasteiger partial charge in [-0.2, -0.15) is 0 Å². The predicted octanol–water partition coefficient (Wildman–Crippen LogP) is 1.03. The highest BCUT2D eigenvalue weighted by atomic mass is 35.5. The fourth-order valence-electron chi connectivity index (χ4n) is 2.83. The highest BCUT2D eigenvalue weighted by Gasteiger charge is 2.21. The van der Waals surface area contributed by atoms with Crippen molar-refractivity contribution in [2.24, 2.45) is 0 Å². The number of carbonyl (C=O) groups is 2. The first-order valence-electron chi connectivity index (χ1n) is 9.32. The Kier molecular flexibility index (Phi) is 6.84. The van der Waals surface area contributed by atoms with Crippen LogP contribution in [0.5, 0.6) is 0 Å². The number of nitrogens with zero attached hydrogens (tertiary/aromatic N) is 5. The summed E-state index contributed by atoms with van der Waals surface area (Å²) in [6.07, 6.45) is 5.52. The summed E-state index contributed by atoms with van der Waals surface area (Å²) in [5, 5.41) is 13.3. The van der Waals surface area contributed by atoms with E-state index in [1.165, 1.54) is 42.3 Å². The van der Waals surface area contributed by atoms with Crippen LogP contribution in [-0.2, 0) is 21.2 Å². The summed E-state index contributed by atoms with van der Waals surface area (Å²) < 4.78 is 25.0. The van der Waals surface area contributed by atoms with Gasteiger partial charge < -0.3 is 10.6 Å². The molecule has 1 aromatic carbocycles. The lowest BCUT2D eigenvalue weighted by Crippen LogP contribution is -2.28. The number of aromatic nitrogens is 5. The van der Waals surface area contributed by atoms with Crippen molar-refractivity contribution in [2.75, 3.05) is 13.3 Å². The van der Waals surface area contributed by atoms with Gasteiger partial charge in [0.1, 0.15) is 17.9 Å². The largest absolute Gasteiger partial charge is 0.358 e. The molecule has 0 fully saturated rings. The van der Waals surface area contributed by atoms with E-state index in [0.29, 0.717) is 17.1 Å². The average Bonchev–Trinajstić information content (AvgIpc) is 3.20. The maximum Gasteiger partial charge on any atom is 0.251 e. The van der Waals surface area contributed by atoms with Crippen molar-refractivity contribution in [3.8, 4) is 11.4 Å². The fraction of sp³-hybridized carbons (Fsp3) is 0.263. The number of benzene rings is 1. The molecule has 168 valence electrons. The average molecular weight is 478 g/mol. The Labute approximate surface area is 189 Å². The Hall–Kier alpha value is -3.38. The van der Waals surface area contributed by atoms with Crippen molar-refractivity contribution in [3.05, 3.63) is 53.1 Å². The molecule has 0 bridgehead atoms. The molecule has 2 amide bonds. The lowest BCUT2D eigenvalue weighted by Gasteiger charge is -2.16. The second-order valence-corrected chi connectivity index (χ2v) is 9.36. The zero-order valence-corrected chi connectivity index (χ0v) is 19.0. The molecule has 0 radical (unpaired) electrons. The molecule has 0 aliphatic carbocycles. The molecule has 11 nitrogen and oxygen atoms in total. The van der Waals surface area contributed by atoms with Crippen LogP contribution in [0.15, 0.2) is 41.7 Å². The molecule has 0 saturated heterocycles. The lowest BCUT2D eigenvalue weighted by molar-refractivity contribution is -0.121. The first-order chi connectivity index (χ1) is 15.1. The molecule has 32 heavy (non-hydrogen) atoms. The van der Waals surface area contributed by atoms with E-state index < -0.39 is 21.8 Å². The number of rotatable bonds is 7. The van der Waals surface area contributed by atoms with Crippen molar-refractivity contribution < 1.29 is 18.0 Å². The minimum absolute atomic E-state index is 0.0111. The van der Waals surface area contributed by atoms with Gasteiger partial charge in [0, 0.05) is 36.3 Å². The third-order valence-electron chi connectivity index (χ3n) is 4.41. The van der Waals surface area contributed by atoms with E-state index in [-0.39, 0.29) is 27.9 Å². The number of amides is 2. The molecule has 1 unspecified atom stereocenters. The van der Waals surface area contributed by atoms with Gasteiger partial charge in [0.2, 0.25) is 5.91 Å². The highest BCUT2D eigenvalue weighted by Crippen LogP contribution is 2.24. The molecule has 3 rings (SSSR count). The smallest absolute Gasteiger partial charge is 0.251 e. The van der Waals surface area contributed by atoms with Crippen LogP contribution < -0.4 is 10.6 Å². The minimum Gasteiger partial charge on any atom is -0.358 e. The Bertz CT molecular complexity index is 1280. The number of hydrogen-bond donors (Lipinski definition) is 2. The van der Waals surface area contributed by atoms with Crippen LogP contribution >= 0.6 is 11.6 Å². The zero-order chi connectivity index (χ0) is 23.5. The van der Waals surface area contributed by atoms with Crippen LogP contribution in [0.1, 0.15) is 29.0 Å². The van der Waals surface area contributed by atoms with Crippen molar-refractivity contribution in [2.45, 2.75) is 24.4 Å². The van der Waals surface area contributed by atoms with Crippen molar-refractivity contribution >= 4 is 33.3 Å². The summed E-state index contributed by atoms with van der Waals surface area (Å²) in [7, 11) is -2.03. The summed E-state index contributed by atoms with van der Waals surface area (Å²) in [4.78, 5) is 32.9. The second kappa shape index (κ2) is 9.40. The Morgan fingerprint density at radius 2 is 1.91 bits per heavy atom.